The molecule has 0 saturated carbocycles. The van der Waals surface area contributed by atoms with Crippen molar-refractivity contribution in [1.82, 2.24) is 5.43 Å². The maximum Gasteiger partial charge on any atom is 0.344 e. The zero-order valence-corrected chi connectivity index (χ0v) is 19.0. The number of ether oxygens (including phenoxy) is 2. The Morgan fingerprint density at radius 1 is 0.906 bits per heavy atom. The monoisotopic (exact) mass is 543 g/mol. The fourth-order valence-corrected chi connectivity index (χ4v) is 3.16. The number of rotatable bonds is 6. The lowest BCUT2D eigenvalue weighted by Crippen LogP contribution is -2.32. The highest BCUT2D eigenvalue weighted by molar-refractivity contribution is 14.1. The van der Waals surface area contributed by atoms with E-state index >= 15 is 0 Å². The van der Waals surface area contributed by atoms with Crippen LogP contribution in [-0.2, 0) is 9.59 Å². The molecule has 0 aliphatic heterocycles. The third-order valence-electron chi connectivity index (χ3n) is 4.13. The van der Waals surface area contributed by atoms with E-state index in [4.69, 9.17) is 9.47 Å². The summed E-state index contributed by atoms with van der Waals surface area (Å²) in [6.45, 7) is 0. The van der Waals surface area contributed by atoms with Gasteiger partial charge in [0.05, 0.1) is 24.6 Å². The highest BCUT2D eigenvalue weighted by atomic mass is 127. The summed E-state index contributed by atoms with van der Waals surface area (Å²) in [7, 11) is 1.46. The van der Waals surface area contributed by atoms with E-state index in [0.29, 0.717) is 28.3 Å². The number of nitrogens with one attached hydrogen (secondary N) is 2. The summed E-state index contributed by atoms with van der Waals surface area (Å²) in [4.78, 5) is 36.2. The average molecular weight is 543 g/mol. The highest BCUT2D eigenvalue weighted by Crippen LogP contribution is 2.22. The Labute approximate surface area is 197 Å². The quantitative estimate of drug-likeness (QED) is 0.124. The van der Waals surface area contributed by atoms with Crippen molar-refractivity contribution in [3.63, 3.8) is 0 Å². The summed E-state index contributed by atoms with van der Waals surface area (Å²) in [5, 5.41) is 6.23. The molecule has 0 heterocycles. The Morgan fingerprint density at radius 2 is 1.59 bits per heavy atom. The highest BCUT2D eigenvalue weighted by Gasteiger charge is 2.15. The average Bonchev–Trinajstić information content (AvgIpc) is 2.80. The molecule has 9 heteroatoms. The smallest absolute Gasteiger partial charge is 0.344 e. The number of nitrogens with zero attached hydrogens (tertiary/aromatic N) is 1. The first kappa shape index (κ1) is 22.9. The number of carbonyl (C=O) groups excluding carboxylic acids is 3. The molecular weight excluding hydrogens is 525 g/mol. The molecule has 0 radical (unpaired) electrons. The molecule has 3 aromatic rings. The van der Waals surface area contributed by atoms with E-state index in [-0.39, 0.29) is 0 Å². The number of esters is 1. The second-order valence-corrected chi connectivity index (χ2v) is 7.45. The maximum atomic E-state index is 12.3. The van der Waals surface area contributed by atoms with E-state index < -0.39 is 17.8 Å². The number of benzene rings is 3. The molecule has 0 aliphatic rings. The topological polar surface area (TPSA) is 106 Å². The van der Waals surface area contributed by atoms with E-state index in [1.807, 2.05) is 12.1 Å². The Morgan fingerprint density at radius 3 is 2.31 bits per heavy atom. The van der Waals surface area contributed by atoms with Crippen molar-refractivity contribution in [2.45, 2.75) is 0 Å². The summed E-state index contributed by atoms with van der Waals surface area (Å²) < 4.78 is 11.3. The molecule has 0 aromatic heterocycles. The van der Waals surface area contributed by atoms with Crippen LogP contribution in [0.3, 0.4) is 0 Å². The Kier molecular flexibility index (Phi) is 7.92. The zero-order chi connectivity index (χ0) is 22.9. The van der Waals surface area contributed by atoms with Gasteiger partial charge in [0.25, 0.3) is 0 Å². The predicted molar refractivity (Wildman–Crippen MR) is 128 cm³/mol. The largest absolute Gasteiger partial charge is 0.495 e. The fourth-order valence-electron chi connectivity index (χ4n) is 2.55. The Balaban J connectivity index is 1.53. The number of anilines is 1. The summed E-state index contributed by atoms with van der Waals surface area (Å²) in [6, 6.07) is 20.4. The molecule has 0 spiro atoms. The van der Waals surface area contributed by atoms with Gasteiger partial charge in [-0.15, -0.1) is 0 Å². The van der Waals surface area contributed by atoms with E-state index in [9.17, 15) is 14.4 Å². The first-order chi connectivity index (χ1) is 15.5. The zero-order valence-electron chi connectivity index (χ0n) is 16.9. The molecule has 0 bridgehead atoms. The van der Waals surface area contributed by atoms with E-state index in [1.54, 1.807) is 60.7 Å². The van der Waals surface area contributed by atoms with Crippen molar-refractivity contribution in [2.75, 3.05) is 12.4 Å². The molecule has 162 valence electrons. The lowest BCUT2D eigenvalue weighted by atomic mass is 10.2. The Hall–Kier alpha value is -3.73. The van der Waals surface area contributed by atoms with Crippen LogP contribution in [-0.4, -0.2) is 31.1 Å². The molecule has 0 aliphatic carbocycles. The number of hydrogen-bond acceptors (Lipinski definition) is 6. The summed E-state index contributed by atoms with van der Waals surface area (Å²) >= 11 is 2.07. The van der Waals surface area contributed by atoms with Gasteiger partial charge >= 0.3 is 17.8 Å². The third kappa shape index (κ3) is 6.14. The summed E-state index contributed by atoms with van der Waals surface area (Å²) in [5.74, 6) is -1.48. The van der Waals surface area contributed by atoms with Gasteiger partial charge in [-0.2, -0.15) is 5.10 Å². The van der Waals surface area contributed by atoms with E-state index in [1.165, 1.54) is 13.3 Å². The minimum atomic E-state index is -0.935. The van der Waals surface area contributed by atoms with Crippen molar-refractivity contribution in [3.05, 3.63) is 87.5 Å². The molecule has 32 heavy (non-hydrogen) atoms. The molecule has 0 atom stereocenters. The van der Waals surface area contributed by atoms with Crippen molar-refractivity contribution in [3.8, 4) is 11.5 Å². The molecule has 3 aromatic carbocycles. The Bertz CT molecular complexity index is 1160. The third-order valence-corrected chi connectivity index (χ3v) is 5.07. The van der Waals surface area contributed by atoms with Crippen LogP contribution in [0.5, 0.6) is 11.5 Å². The first-order valence-corrected chi connectivity index (χ1v) is 10.4. The van der Waals surface area contributed by atoms with Gasteiger partial charge in [-0.3, -0.25) is 9.59 Å². The van der Waals surface area contributed by atoms with Crippen LogP contribution in [0.4, 0.5) is 5.69 Å². The van der Waals surface area contributed by atoms with Gasteiger partial charge in [0.1, 0.15) is 11.5 Å². The minimum absolute atomic E-state index is 0.368. The van der Waals surface area contributed by atoms with Gasteiger partial charge in [-0.25, -0.2) is 10.2 Å². The van der Waals surface area contributed by atoms with Crippen LogP contribution < -0.4 is 20.2 Å². The van der Waals surface area contributed by atoms with Crippen molar-refractivity contribution >= 4 is 52.3 Å². The number of amides is 2. The lowest BCUT2D eigenvalue weighted by Gasteiger charge is -2.08. The number of hydrazone groups is 1. The lowest BCUT2D eigenvalue weighted by molar-refractivity contribution is -0.136. The van der Waals surface area contributed by atoms with Crippen LogP contribution >= 0.6 is 22.6 Å². The van der Waals surface area contributed by atoms with Crippen LogP contribution in [0, 0.1) is 3.57 Å². The molecule has 3 rings (SSSR count). The predicted octanol–water partition coefficient (Wildman–Crippen LogP) is 3.61. The fraction of sp³-hybridized carbons (Fsp3) is 0.0435. The van der Waals surface area contributed by atoms with Crippen molar-refractivity contribution in [2.24, 2.45) is 5.10 Å². The molecule has 2 N–H and O–H groups in total. The van der Waals surface area contributed by atoms with E-state index in [2.05, 4.69) is 38.4 Å². The molecular formula is C23H18IN3O5. The molecule has 0 saturated heterocycles. The maximum absolute atomic E-state index is 12.3. The van der Waals surface area contributed by atoms with Crippen LogP contribution in [0.2, 0.25) is 0 Å². The van der Waals surface area contributed by atoms with Crippen LogP contribution in [0.1, 0.15) is 15.9 Å². The van der Waals surface area contributed by atoms with Crippen LogP contribution in [0.15, 0.2) is 77.9 Å². The van der Waals surface area contributed by atoms with E-state index in [0.717, 1.165) is 3.57 Å². The number of methoxy groups -OCH3 is 1. The summed E-state index contributed by atoms with van der Waals surface area (Å²) in [5.41, 5.74) is 3.63. The van der Waals surface area contributed by atoms with Gasteiger partial charge < -0.3 is 14.8 Å². The van der Waals surface area contributed by atoms with Gasteiger partial charge in [0.15, 0.2) is 0 Å². The normalized spacial score (nSPS) is 10.4. The standard InChI is InChI=1S/C23H18IN3O5/c1-31-20-9-5-4-8-19(20)26-21(28)22(29)27-25-14-15-10-12-16(13-11-15)32-23(30)17-6-2-3-7-18(17)24/h2-14H,1H3,(H,26,28)(H,27,29)/b25-14+. The second-order valence-electron chi connectivity index (χ2n) is 6.29. The number of halogens is 1. The molecule has 2 amide bonds. The SMILES string of the molecule is COc1ccccc1NC(=O)C(=O)N/N=C/c1ccc(OC(=O)c2ccccc2I)cc1. The van der Waals surface area contributed by atoms with Gasteiger partial charge in [-0.1, -0.05) is 24.3 Å². The number of para-hydroxylation sites is 2. The van der Waals surface area contributed by atoms with Crippen molar-refractivity contribution < 1.29 is 23.9 Å². The molecule has 8 nitrogen and oxygen atoms in total. The molecule has 0 fully saturated rings. The number of carbonyl (C=O) groups is 3. The number of hydrogen-bond donors (Lipinski definition) is 2. The molecule has 0 unspecified atom stereocenters. The first-order valence-electron chi connectivity index (χ1n) is 9.32. The minimum Gasteiger partial charge on any atom is -0.495 e. The van der Waals surface area contributed by atoms with Gasteiger partial charge in [0.2, 0.25) is 0 Å². The second kappa shape index (κ2) is 11.0. The summed E-state index contributed by atoms with van der Waals surface area (Å²) in [6.07, 6.45) is 1.36. The van der Waals surface area contributed by atoms with Gasteiger partial charge in [-0.05, 0) is 76.7 Å². The van der Waals surface area contributed by atoms with Crippen LogP contribution in [0.25, 0.3) is 0 Å². The van der Waals surface area contributed by atoms with Crippen molar-refractivity contribution in [1.29, 1.82) is 0 Å². The van der Waals surface area contributed by atoms with Gasteiger partial charge in [0, 0.05) is 3.57 Å².